The van der Waals surface area contributed by atoms with Gasteiger partial charge in [0.25, 0.3) is 10.0 Å². The van der Waals surface area contributed by atoms with Crippen molar-refractivity contribution in [2.75, 3.05) is 4.72 Å². The van der Waals surface area contributed by atoms with Crippen LogP contribution in [0.3, 0.4) is 0 Å². The maximum atomic E-state index is 13.2. The fourth-order valence-corrected chi connectivity index (χ4v) is 4.21. The Balaban J connectivity index is 2.05. The number of nitrogens with one attached hydrogen (secondary N) is 1. The molecule has 0 bridgehead atoms. The lowest BCUT2D eigenvalue weighted by molar-refractivity contribution is 0.427. The van der Waals surface area contributed by atoms with E-state index in [4.69, 9.17) is 16.1 Å². The second kappa shape index (κ2) is 7.09. The van der Waals surface area contributed by atoms with E-state index in [-0.39, 0.29) is 15.6 Å². The molecule has 3 aromatic rings. The first-order valence-corrected chi connectivity index (χ1v) is 9.71. The zero-order valence-corrected chi connectivity index (χ0v) is 15.7. The molecule has 0 fully saturated rings. The molecule has 1 aromatic heterocycles. The second-order valence-electron chi connectivity index (χ2n) is 5.74. The smallest absolute Gasteiger partial charge is 0.262 e. The quantitative estimate of drug-likeness (QED) is 0.674. The van der Waals surface area contributed by atoms with Gasteiger partial charge in [0.15, 0.2) is 5.76 Å². The third-order valence-corrected chi connectivity index (χ3v) is 5.59. The van der Waals surface area contributed by atoms with Gasteiger partial charge >= 0.3 is 0 Å². The SMILES string of the molecule is CCc1ccc(-c2cc(C)no2)cc1S(=O)(=O)Nc1ccc(F)cc1Cl. The van der Waals surface area contributed by atoms with Crippen molar-refractivity contribution in [1.82, 2.24) is 5.16 Å². The van der Waals surface area contributed by atoms with E-state index < -0.39 is 15.8 Å². The summed E-state index contributed by atoms with van der Waals surface area (Å²) in [5.41, 5.74) is 2.03. The Morgan fingerprint density at radius 3 is 2.58 bits per heavy atom. The Bertz CT molecular complexity index is 1060. The fourth-order valence-electron chi connectivity index (χ4n) is 2.52. The molecular weight excluding hydrogens is 379 g/mol. The zero-order chi connectivity index (χ0) is 18.9. The Morgan fingerprint density at radius 1 is 1.19 bits per heavy atom. The fraction of sp³-hybridized carbons (Fsp3) is 0.167. The molecule has 2 aromatic carbocycles. The van der Waals surface area contributed by atoms with Gasteiger partial charge < -0.3 is 4.52 Å². The molecule has 3 rings (SSSR count). The van der Waals surface area contributed by atoms with Crippen molar-refractivity contribution in [3.63, 3.8) is 0 Å². The summed E-state index contributed by atoms with van der Waals surface area (Å²) in [5, 5.41) is 3.80. The third-order valence-electron chi connectivity index (χ3n) is 3.83. The van der Waals surface area contributed by atoms with E-state index in [9.17, 15) is 12.8 Å². The summed E-state index contributed by atoms with van der Waals surface area (Å²) in [5.74, 6) is -0.0729. The van der Waals surface area contributed by atoms with E-state index in [1.54, 1.807) is 25.1 Å². The molecule has 0 radical (unpaired) electrons. The highest BCUT2D eigenvalue weighted by molar-refractivity contribution is 7.92. The highest BCUT2D eigenvalue weighted by Crippen LogP contribution is 2.30. The number of halogens is 2. The molecule has 136 valence electrons. The zero-order valence-electron chi connectivity index (χ0n) is 14.1. The average molecular weight is 395 g/mol. The highest BCUT2D eigenvalue weighted by atomic mass is 35.5. The molecule has 0 spiro atoms. The van der Waals surface area contributed by atoms with Crippen molar-refractivity contribution in [1.29, 1.82) is 0 Å². The van der Waals surface area contributed by atoms with Crippen LogP contribution in [0.4, 0.5) is 10.1 Å². The van der Waals surface area contributed by atoms with Crippen molar-refractivity contribution in [2.45, 2.75) is 25.2 Å². The first-order valence-electron chi connectivity index (χ1n) is 7.84. The van der Waals surface area contributed by atoms with Crippen molar-refractivity contribution in [3.8, 4) is 11.3 Å². The lowest BCUT2D eigenvalue weighted by Crippen LogP contribution is -2.15. The van der Waals surface area contributed by atoms with Gasteiger partial charge in [-0.1, -0.05) is 35.8 Å². The first kappa shape index (κ1) is 18.4. The van der Waals surface area contributed by atoms with Gasteiger partial charge in [0.2, 0.25) is 0 Å². The third kappa shape index (κ3) is 3.73. The van der Waals surface area contributed by atoms with Crippen LogP contribution in [-0.4, -0.2) is 13.6 Å². The van der Waals surface area contributed by atoms with Crippen LogP contribution in [0, 0.1) is 12.7 Å². The summed E-state index contributed by atoms with van der Waals surface area (Å²) in [6.45, 7) is 3.64. The molecule has 5 nitrogen and oxygen atoms in total. The number of aromatic nitrogens is 1. The highest BCUT2D eigenvalue weighted by Gasteiger charge is 2.21. The molecule has 8 heteroatoms. The van der Waals surface area contributed by atoms with Gasteiger partial charge in [-0.05, 0) is 43.2 Å². The number of aryl methyl sites for hydroxylation is 2. The summed E-state index contributed by atoms with van der Waals surface area (Å²) in [6.07, 6.45) is 0.517. The van der Waals surface area contributed by atoms with Crippen LogP contribution in [0.5, 0.6) is 0 Å². The average Bonchev–Trinajstić information content (AvgIpc) is 3.03. The molecular formula is C18H16ClFN2O3S. The van der Waals surface area contributed by atoms with E-state index in [1.165, 1.54) is 12.1 Å². The number of anilines is 1. The van der Waals surface area contributed by atoms with Crippen LogP contribution in [0.2, 0.25) is 5.02 Å². The van der Waals surface area contributed by atoms with E-state index in [0.29, 0.717) is 29.0 Å². The van der Waals surface area contributed by atoms with Gasteiger partial charge in [0, 0.05) is 11.6 Å². The van der Waals surface area contributed by atoms with Crippen molar-refractivity contribution >= 4 is 27.3 Å². The molecule has 0 unspecified atom stereocenters. The summed E-state index contributed by atoms with van der Waals surface area (Å²) in [6, 6.07) is 10.2. The number of hydrogen-bond acceptors (Lipinski definition) is 4. The predicted molar refractivity (Wildman–Crippen MR) is 98.3 cm³/mol. The topological polar surface area (TPSA) is 72.2 Å². The number of sulfonamides is 1. The molecule has 0 atom stereocenters. The minimum absolute atomic E-state index is 0.0198. The number of hydrogen-bond donors (Lipinski definition) is 1. The minimum atomic E-state index is -3.93. The van der Waals surface area contributed by atoms with E-state index in [1.807, 2.05) is 6.92 Å². The number of rotatable bonds is 5. The van der Waals surface area contributed by atoms with Crippen LogP contribution in [-0.2, 0) is 16.4 Å². The largest absolute Gasteiger partial charge is 0.356 e. The molecule has 1 N–H and O–H groups in total. The maximum absolute atomic E-state index is 13.2. The van der Waals surface area contributed by atoms with Crippen molar-refractivity contribution in [2.24, 2.45) is 0 Å². The van der Waals surface area contributed by atoms with E-state index in [2.05, 4.69) is 9.88 Å². The molecule has 0 saturated carbocycles. The summed E-state index contributed by atoms with van der Waals surface area (Å²) >= 11 is 5.94. The molecule has 26 heavy (non-hydrogen) atoms. The molecule has 1 heterocycles. The number of nitrogens with zero attached hydrogens (tertiary/aromatic N) is 1. The minimum Gasteiger partial charge on any atom is -0.356 e. The first-order chi connectivity index (χ1) is 12.3. The van der Waals surface area contributed by atoms with Crippen molar-refractivity contribution in [3.05, 3.63) is 64.6 Å². The lowest BCUT2D eigenvalue weighted by atomic mass is 10.1. The van der Waals surface area contributed by atoms with Gasteiger partial charge in [-0.2, -0.15) is 0 Å². The standard InChI is InChI=1S/C18H16ClFN2O3S/c1-3-12-4-5-13(17-8-11(2)21-25-17)9-18(12)26(23,24)22-16-7-6-14(20)10-15(16)19/h4-10,22H,3H2,1-2H3. The summed E-state index contributed by atoms with van der Waals surface area (Å²) < 4.78 is 46.6. The maximum Gasteiger partial charge on any atom is 0.262 e. The Hall–Kier alpha value is -2.38. The summed E-state index contributed by atoms with van der Waals surface area (Å²) in [4.78, 5) is 0.104. The molecule has 0 aliphatic heterocycles. The monoisotopic (exact) mass is 394 g/mol. The summed E-state index contributed by atoms with van der Waals surface area (Å²) in [7, 11) is -3.93. The lowest BCUT2D eigenvalue weighted by Gasteiger charge is -2.13. The van der Waals surface area contributed by atoms with E-state index >= 15 is 0 Å². The van der Waals surface area contributed by atoms with Gasteiger partial charge in [0.05, 0.1) is 21.3 Å². The van der Waals surface area contributed by atoms with Crippen LogP contribution < -0.4 is 4.72 Å². The predicted octanol–water partition coefficient (Wildman–Crippen LogP) is 4.81. The van der Waals surface area contributed by atoms with Gasteiger partial charge in [0.1, 0.15) is 5.82 Å². The Kier molecular flexibility index (Phi) is 5.02. The Morgan fingerprint density at radius 2 is 1.96 bits per heavy atom. The van der Waals surface area contributed by atoms with Crippen LogP contribution in [0.25, 0.3) is 11.3 Å². The molecule has 0 aliphatic rings. The second-order valence-corrected chi connectivity index (χ2v) is 7.80. The van der Waals surface area contributed by atoms with Gasteiger partial charge in [-0.15, -0.1) is 0 Å². The molecule has 0 aliphatic carbocycles. The van der Waals surface area contributed by atoms with Crippen LogP contribution in [0.15, 0.2) is 51.9 Å². The normalized spacial score (nSPS) is 11.5. The van der Waals surface area contributed by atoms with Crippen LogP contribution >= 0.6 is 11.6 Å². The number of benzene rings is 2. The van der Waals surface area contributed by atoms with Crippen molar-refractivity contribution < 1.29 is 17.3 Å². The Labute approximate surface area is 155 Å². The van der Waals surface area contributed by atoms with E-state index in [0.717, 1.165) is 12.1 Å². The molecule has 0 saturated heterocycles. The van der Waals surface area contributed by atoms with Crippen LogP contribution in [0.1, 0.15) is 18.2 Å². The van der Waals surface area contributed by atoms with Gasteiger partial charge in [-0.25, -0.2) is 12.8 Å². The van der Waals surface area contributed by atoms with Gasteiger partial charge in [-0.3, -0.25) is 4.72 Å². The molecule has 0 amide bonds.